The fraction of sp³-hybridized carbons (Fsp3) is 0.533. The van der Waals surface area contributed by atoms with Crippen molar-refractivity contribution in [2.45, 2.75) is 37.6 Å². The molecule has 1 aromatic carbocycles. The van der Waals surface area contributed by atoms with E-state index in [0.717, 1.165) is 12.8 Å². The first kappa shape index (κ1) is 12.9. The normalized spacial score (nSPS) is 23.4. The zero-order chi connectivity index (χ0) is 13.0. The lowest BCUT2D eigenvalue weighted by Crippen LogP contribution is -2.43. The van der Waals surface area contributed by atoms with Crippen LogP contribution < -0.4 is 5.32 Å². The maximum atomic E-state index is 11.6. The number of carbonyl (C=O) groups excluding carboxylic acids is 1. The molecule has 0 bridgehead atoms. The third-order valence-electron chi connectivity index (χ3n) is 4.05. The van der Waals surface area contributed by atoms with Crippen molar-refractivity contribution in [3.8, 4) is 0 Å². The molecule has 0 radical (unpaired) electrons. The molecule has 0 saturated heterocycles. The van der Waals surface area contributed by atoms with Gasteiger partial charge in [0.05, 0.1) is 0 Å². The molecule has 3 nitrogen and oxygen atoms in total. The third kappa shape index (κ3) is 2.84. The van der Waals surface area contributed by atoms with Crippen molar-refractivity contribution in [2.75, 3.05) is 14.1 Å². The van der Waals surface area contributed by atoms with Gasteiger partial charge in [0.15, 0.2) is 0 Å². The topological polar surface area (TPSA) is 32.3 Å². The summed E-state index contributed by atoms with van der Waals surface area (Å²) >= 11 is 0. The van der Waals surface area contributed by atoms with Crippen molar-refractivity contribution >= 4 is 6.03 Å². The highest BCUT2D eigenvalue weighted by Gasteiger charge is 2.26. The first-order valence-electron chi connectivity index (χ1n) is 6.72. The molecule has 1 fully saturated rings. The molecule has 2 rings (SSSR count). The second-order valence-electron chi connectivity index (χ2n) is 5.08. The van der Waals surface area contributed by atoms with Gasteiger partial charge in [-0.15, -0.1) is 0 Å². The summed E-state index contributed by atoms with van der Waals surface area (Å²) in [5, 5.41) is 2.69. The SMILES string of the molecule is CNC(=O)N(C)C1CCC(c2ccccc2)CC1. The quantitative estimate of drug-likeness (QED) is 0.855. The summed E-state index contributed by atoms with van der Waals surface area (Å²) in [6, 6.07) is 11.1. The van der Waals surface area contributed by atoms with E-state index in [9.17, 15) is 4.79 Å². The van der Waals surface area contributed by atoms with Gasteiger partial charge in [-0.3, -0.25) is 0 Å². The molecule has 1 aliphatic carbocycles. The number of hydrogen-bond donors (Lipinski definition) is 1. The van der Waals surface area contributed by atoms with Crippen molar-refractivity contribution < 1.29 is 4.79 Å². The van der Waals surface area contributed by atoms with Crippen LogP contribution in [0.25, 0.3) is 0 Å². The molecular weight excluding hydrogens is 224 g/mol. The van der Waals surface area contributed by atoms with Crippen LogP contribution in [0.1, 0.15) is 37.2 Å². The Morgan fingerprint density at radius 3 is 2.33 bits per heavy atom. The Kier molecular flexibility index (Phi) is 4.24. The van der Waals surface area contributed by atoms with Crippen LogP contribution in [-0.4, -0.2) is 31.1 Å². The smallest absolute Gasteiger partial charge is 0.317 e. The van der Waals surface area contributed by atoms with Crippen LogP contribution in [0.3, 0.4) is 0 Å². The molecule has 0 atom stereocenters. The highest BCUT2D eigenvalue weighted by atomic mass is 16.2. The number of urea groups is 1. The molecule has 2 amide bonds. The number of rotatable bonds is 2. The van der Waals surface area contributed by atoms with Gasteiger partial charge in [-0.05, 0) is 37.2 Å². The average molecular weight is 246 g/mol. The van der Waals surface area contributed by atoms with E-state index < -0.39 is 0 Å². The van der Waals surface area contributed by atoms with E-state index in [-0.39, 0.29) is 6.03 Å². The molecule has 0 unspecified atom stereocenters. The number of nitrogens with zero attached hydrogens (tertiary/aromatic N) is 1. The molecule has 18 heavy (non-hydrogen) atoms. The lowest BCUT2D eigenvalue weighted by Gasteiger charge is -2.34. The maximum Gasteiger partial charge on any atom is 0.317 e. The molecule has 0 spiro atoms. The molecular formula is C15H22N2O. The summed E-state index contributed by atoms with van der Waals surface area (Å²) in [5.41, 5.74) is 1.44. The number of nitrogens with one attached hydrogen (secondary N) is 1. The Balaban J connectivity index is 1.90. The Morgan fingerprint density at radius 1 is 1.17 bits per heavy atom. The minimum absolute atomic E-state index is 0.0261. The molecule has 1 aliphatic rings. The van der Waals surface area contributed by atoms with Gasteiger partial charge >= 0.3 is 6.03 Å². The molecule has 3 heteroatoms. The fourth-order valence-electron chi connectivity index (χ4n) is 2.86. The predicted octanol–water partition coefficient (Wildman–Crippen LogP) is 2.98. The third-order valence-corrected chi connectivity index (χ3v) is 4.05. The average Bonchev–Trinajstić information content (AvgIpc) is 2.47. The maximum absolute atomic E-state index is 11.6. The first-order chi connectivity index (χ1) is 8.72. The predicted molar refractivity (Wildman–Crippen MR) is 73.7 cm³/mol. The second-order valence-corrected chi connectivity index (χ2v) is 5.08. The van der Waals surface area contributed by atoms with Gasteiger partial charge in [0.25, 0.3) is 0 Å². The molecule has 1 aromatic rings. The highest BCUT2D eigenvalue weighted by molar-refractivity contribution is 5.73. The van der Waals surface area contributed by atoms with Crippen molar-refractivity contribution in [1.29, 1.82) is 0 Å². The van der Waals surface area contributed by atoms with Gasteiger partial charge in [0.2, 0.25) is 0 Å². The van der Waals surface area contributed by atoms with E-state index in [2.05, 4.69) is 35.6 Å². The number of carbonyl (C=O) groups is 1. The molecule has 98 valence electrons. The van der Waals surface area contributed by atoms with Crippen molar-refractivity contribution in [3.05, 3.63) is 35.9 Å². The van der Waals surface area contributed by atoms with Crippen LogP contribution in [0.2, 0.25) is 0 Å². The van der Waals surface area contributed by atoms with Crippen molar-refractivity contribution in [1.82, 2.24) is 10.2 Å². The number of amides is 2. The van der Waals surface area contributed by atoms with Crippen molar-refractivity contribution in [2.24, 2.45) is 0 Å². The summed E-state index contributed by atoms with van der Waals surface area (Å²) < 4.78 is 0. The zero-order valence-electron chi connectivity index (χ0n) is 11.2. The molecule has 1 saturated carbocycles. The summed E-state index contributed by atoms with van der Waals surface area (Å²) in [6.07, 6.45) is 4.55. The Bertz CT molecular complexity index is 383. The van der Waals surface area contributed by atoms with Gasteiger partial charge in [0.1, 0.15) is 0 Å². The van der Waals surface area contributed by atoms with Gasteiger partial charge in [-0.1, -0.05) is 30.3 Å². The first-order valence-corrected chi connectivity index (χ1v) is 6.72. The van der Waals surface area contributed by atoms with Crippen LogP contribution in [-0.2, 0) is 0 Å². The Morgan fingerprint density at radius 2 is 1.78 bits per heavy atom. The minimum Gasteiger partial charge on any atom is -0.341 e. The van der Waals surface area contributed by atoms with Gasteiger partial charge < -0.3 is 10.2 Å². The van der Waals surface area contributed by atoms with Crippen LogP contribution in [0.5, 0.6) is 0 Å². The summed E-state index contributed by atoms with van der Waals surface area (Å²) in [7, 11) is 3.58. The van der Waals surface area contributed by atoms with Crippen molar-refractivity contribution in [3.63, 3.8) is 0 Å². The van der Waals surface area contributed by atoms with Crippen LogP contribution in [0, 0.1) is 0 Å². The molecule has 0 aliphatic heterocycles. The molecule has 1 N–H and O–H groups in total. The van der Waals surface area contributed by atoms with Gasteiger partial charge in [0, 0.05) is 20.1 Å². The van der Waals surface area contributed by atoms with Crippen LogP contribution >= 0.6 is 0 Å². The Hall–Kier alpha value is -1.51. The van der Waals surface area contributed by atoms with Crippen LogP contribution in [0.15, 0.2) is 30.3 Å². The number of benzene rings is 1. The summed E-state index contributed by atoms with van der Waals surface area (Å²) in [6.45, 7) is 0. The second kappa shape index (κ2) is 5.89. The fourth-order valence-corrected chi connectivity index (χ4v) is 2.86. The standard InChI is InChI=1S/C15H22N2O/c1-16-15(18)17(2)14-10-8-13(9-11-14)12-6-4-3-5-7-12/h3-7,13-14H,8-11H2,1-2H3,(H,16,18). The largest absolute Gasteiger partial charge is 0.341 e. The van der Waals surface area contributed by atoms with E-state index >= 15 is 0 Å². The lowest BCUT2D eigenvalue weighted by molar-refractivity contribution is 0.171. The lowest BCUT2D eigenvalue weighted by atomic mass is 9.81. The van der Waals surface area contributed by atoms with E-state index in [0.29, 0.717) is 12.0 Å². The number of hydrogen-bond acceptors (Lipinski definition) is 1. The summed E-state index contributed by atoms with van der Waals surface area (Å²) in [5.74, 6) is 0.667. The molecule has 0 aromatic heterocycles. The Labute approximate surface area is 109 Å². The van der Waals surface area contributed by atoms with Gasteiger partial charge in [-0.25, -0.2) is 4.79 Å². The summed E-state index contributed by atoms with van der Waals surface area (Å²) in [4.78, 5) is 13.4. The van der Waals surface area contributed by atoms with Gasteiger partial charge in [-0.2, -0.15) is 0 Å². The molecule has 0 heterocycles. The van der Waals surface area contributed by atoms with E-state index in [1.807, 2.05) is 11.9 Å². The zero-order valence-corrected chi connectivity index (χ0v) is 11.2. The van der Waals surface area contributed by atoms with E-state index in [1.165, 1.54) is 18.4 Å². The van der Waals surface area contributed by atoms with Crippen LogP contribution in [0.4, 0.5) is 4.79 Å². The minimum atomic E-state index is 0.0261. The van der Waals surface area contributed by atoms with E-state index in [4.69, 9.17) is 0 Å². The van der Waals surface area contributed by atoms with E-state index in [1.54, 1.807) is 7.05 Å². The highest BCUT2D eigenvalue weighted by Crippen LogP contribution is 2.34. The monoisotopic (exact) mass is 246 g/mol.